The highest BCUT2D eigenvalue weighted by Crippen LogP contribution is 2.32. The van der Waals surface area contributed by atoms with Crippen molar-refractivity contribution in [3.8, 4) is 11.5 Å². The summed E-state index contributed by atoms with van der Waals surface area (Å²) < 4.78 is 10.6. The first kappa shape index (κ1) is 16.8. The fraction of sp³-hybridized carbons (Fsp3) is 0.158. The van der Waals surface area contributed by atoms with Gasteiger partial charge in [-0.15, -0.1) is 0 Å². The van der Waals surface area contributed by atoms with Crippen LogP contribution in [-0.2, 0) is 16.1 Å². The van der Waals surface area contributed by atoms with Gasteiger partial charge in [0.25, 0.3) is 5.91 Å². The molecule has 136 valence electrons. The molecule has 8 nitrogen and oxygen atoms in total. The molecule has 1 fully saturated rings. The first-order valence-electron chi connectivity index (χ1n) is 8.26. The molecule has 2 aliphatic rings. The minimum atomic E-state index is -1.17. The van der Waals surface area contributed by atoms with Crippen LogP contribution in [0.1, 0.15) is 5.56 Å². The number of aliphatic imine (C=N–C) groups is 1. The highest BCUT2D eigenvalue weighted by atomic mass is 16.7. The Morgan fingerprint density at radius 2 is 1.85 bits per heavy atom. The SMILES string of the molecule is O=C1NC(=O)N(c2ccccc2)C(=O)[C@@H]1C=NCc1ccc2c(c1)OCO2. The second-order valence-electron chi connectivity index (χ2n) is 5.96. The molecule has 27 heavy (non-hydrogen) atoms. The highest BCUT2D eigenvalue weighted by Gasteiger charge is 2.40. The average molecular weight is 365 g/mol. The van der Waals surface area contributed by atoms with Crippen molar-refractivity contribution in [3.05, 3.63) is 54.1 Å². The molecule has 8 heteroatoms. The highest BCUT2D eigenvalue weighted by molar-refractivity contribution is 6.32. The zero-order valence-electron chi connectivity index (χ0n) is 14.1. The van der Waals surface area contributed by atoms with Gasteiger partial charge in [-0.05, 0) is 29.8 Å². The largest absolute Gasteiger partial charge is 0.454 e. The Kier molecular flexibility index (Phi) is 4.29. The monoisotopic (exact) mass is 365 g/mol. The van der Waals surface area contributed by atoms with Crippen LogP contribution in [0.2, 0.25) is 0 Å². The number of ether oxygens (including phenoxy) is 2. The van der Waals surface area contributed by atoms with Crippen LogP contribution in [0.3, 0.4) is 0 Å². The standard InChI is InChI=1S/C19H15N3O5/c23-17-14(10-20-9-12-6-7-15-16(8-12)27-11-26-15)18(24)22(19(25)21-17)13-4-2-1-3-5-13/h1-8,10,14H,9,11H2,(H,21,23,25)/t14-/m1/s1. The van der Waals surface area contributed by atoms with Gasteiger partial charge in [-0.1, -0.05) is 24.3 Å². The van der Waals surface area contributed by atoms with Gasteiger partial charge in [0.05, 0.1) is 12.2 Å². The van der Waals surface area contributed by atoms with E-state index in [2.05, 4.69) is 10.3 Å². The molecule has 2 aromatic carbocycles. The Labute approximate surface area is 154 Å². The number of hydrogen-bond acceptors (Lipinski definition) is 6. The zero-order valence-corrected chi connectivity index (χ0v) is 14.1. The molecule has 0 radical (unpaired) electrons. The number of carbonyl (C=O) groups excluding carboxylic acids is 3. The third-order valence-electron chi connectivity index (χ3n) is 4.18. The van der Waals surface area contributed by atoms with Crippen molar-refractivity contribution >= 4 is 29.7 Å². The fourth-order valence-electron chi connectivity index (χ4n) is 2.85. The predicted octanol–water partition coefficient (Wildman–Crippen LogP) is 1.89. The number of amides is 4. The number of nitrogens with one attached hydrogen (secondary N) is 1. The van der Waals surface area contributed by atoms with Gasteiger partial charge in [0.15, 0.2) is 17.4 Å². The zero-order chi connectivity index (χ0) is 18.8. The quantitative estimate of drug-likeness (QED) is 0.659. The van der Waals surface area contributed by atoms with Crippen molar-refractivity contribution in [1.82, 2.24) is 5.32 Å². The molecule has 2 heterocycles. The second kappa shape index (κ2) is 6.91. The minimum absolute atomic E-state index is 0.183. The number of anilines is 1. The van der Waals surface area contributed by atoms with Crippen molar-refractivity contribution in [2.75, 3.05) is 11.7 Å². The molecule has 1 N–H and O–H groups in total. The summed E-state index contributed by atoms with van der Waals surface area (Å²) >= 11 is 0. The number of benzene rings is 2. The molecule has 0 aliphatic carbocycles. The van der Waals surface area contributed by atoms with Gasteiger partial charge in [0, 0.05) is 6.21 Å². The smallest absolute Gasteiger partial charge is 0.335 e. The van der Waals surface area contributed by atoms with Crippen molar-refractivity contribution in [3.63, 3.8) is 0 Å². The molecule has 1 atom stereocenters. The number of nitrogens with zero attached hydrogens (tertiary/aromatic N) is 2. The maximum absolute atomic E-state index is 12.7. The normalized spacial score (nSPS) is 18.9. The van der Waals surface area contributed by atoms with E-state index in [4.69, 9.17) is 9.47 Å². The molecule has 0 aromatic heterocycles. The summed E-state index contributed by atoms with van der Waals surface area (Å²) in [4.78, 5) is 42.0. The van der Waals surface area contributed by atoms with Crippen LogP contribution in [0.4, 0.5) is 10.5 Å². The van der Waals surface area contributed by atoms with Crippen LogP contribution >= 0.6 is 0 Å². The lowest BCUT2D eigenvalue weighted by atomic mass is 10.1. The average Bonchev–Trinajstić information content (AvgIpc) is 3.13. The van der Waals surface area contributed by atoms with Gasteiger partial charge in [0.1, 0.15) is 0 Å². The summed E-state index contributed by atoms with van der Waals surface area (Å²) in [5.41, 5.74) is 1.23. The molecule has 0 unspecified atom stereocenters. The van der Waals surface area contributed by atoms with Crippen molar-refractivity contribution in [2.45, 2.75) is 6.54 Å². The number of urea groups is 1. The van der Waals surface area contributed by atoms with Gasteiger partial charge in [0.2, 0.25) is 12.7 Å². The van der Waals surface area contributed by atoms with Gasteiger partial charge < -0.3 is 9.47 Å². The van der Waals surface area contributed by atoms with E-state index in [1.54, 1.807) is 42.5 Å². The molecular weight excluding hydrogens is 350 g/mol. The van der Waals surface area contributed by atoms with E-state index in [0.717, 1.165) is 10.5 Å². The van der Waals surface area contributed by atoms with Crippen molar-refractivity contribution in [2.24, 2.45) is 10.9 Å². The summed E-state index contributed by atoms with van der Waals surface area (Å²) in [5, 5.41) is 2.19. The summed E-state index contributed by atoms with van der Waals surface area (Å²) in [6, 6.07) is 13.0. The van der Waals surface area contributed by atoms with Crippen LogP contribution in [0, 0.1) is 5.92 Å². The lowest BCUT2D eigenvalue weighted by Gasteiger charge is -2.28. The van der Waals surface area contributed by atoms with Crippen molar-refractivity contribution in [1.29, 1.82) is 0 Å². The third-order valence-corrected chi connectivity index (χ3v) is 4.18. The minimum Gasteiger partial charge on any atom is -0.454 e. The maximum Gasteiger partial charge on any atom is 0.335 e. The topological polar surface area (TPSA) is 97.3 Å². The molecule has 2 aromatic rings. The Bertz CT molecular complexity index is 942. The van der Waals surface area contributed by atoms with E-state index >= 15 is 0 Å². The lowest BCUT2D eigenvalue weighted by molar-refractivity contribution is -0.131. The van der Waals surface area contributed by atoms with E-state index in [1.165, 1.54) is 6.21 Å². The number of barbiturate groups is 1. The van der Waals surface area contributed by atoms with Crippen LogP contribution < -0.4 is 19.7 Å². The molecule has 1 saturated heterocycles. The molecule has 4 rings (SSSR count). The molecule has 0 saturated carbocycles. The number of imide groups is 2. The van der Waals surface area contributed by atoms with Crippen molar-refractivity contribution < 1.29 is 23.9 Å². The number of fused-ring (bicyclic) bond motifs is 1. The van der Waals surface area contributed by atoms with Gasteiger partial charge in [-0.25, -0.2) is 9.69 Å². The number of para-hydroxylation sites is 1. The first-order valence-corrected chi connectivity index (χ1v) is 8.26. The van der Waals surface area contributed by atoms with E-state index in [-0.39, 0.29) is 13.3 Å². The van der Waals surface area contributed by atoms with E-state index in [1.807, 2.05) is 6.07 Å². The van der Waals surface area contributed by atoms with E-state index in [0.29, 0.717) is 17.2 Å². The summed E-state index contributed by atoms with van der Waals surface area (Å²) in [5.74, 6) is -1.19. The molecular formula is C19H15N3O5. The van der Waals surface area contributed by atoms with Gasteiger partial charge >= 0.3 is 6.03 Å². The fourth-order valence-corrected chi connectivity index (χ4v) is 2.85. The molecule has 0 spiro atoms. The number of carbonyl (C=O) groups is 3. The molecule has 2 aliphatic heterocycles. The maximum atomic E-state index is 12.7. The third kappa shape index (κ3) is 3.24. The van der Waals surface area contributed by atoms with Crippen LogP contribution in [0.5, 0.6) is 11.5 Å². The Hall–Kier alpha value is -3.68. The van der Waals surface area contributed by atoms with E-state index < -0.39 is 23.8 Å². The van der Waals surface area contributed by atoms with Crippen LogP contribution in [0.25, 0.3) is 0 Å². The van der Waals surface area contributed by atoms with Crippen LogP contribution in [0.15, 0.2) is 53.5 Å². The summed E-state index contributed by atoms with van der Waals surface area (Å²) in [6.45, 7) is 0.440. The predicted molar refractivity (Wildman–Crippen MR) is 95.7 cm³/mol. The van der Waals surface area contributed by atoms with Gasteiger partial charge in [-0.3, -0.25) is 19.9 Å². The summed E-state index contributed by atoms with van der Waals surface area (Å²) in [6.07, 6.45) is 1.27. The first-order chi connectivity index (χ1) is 13.1. The van der Waals surface area contributed by atoms with Crippen LogP contribution in [-0.4, -0.2) is 30.9 Å². The number of rotatable bonds is 4. The second-order valence-corrected chi connectivity index (χ2v) is 5.96. The molecule has 0 bridgehead atoms. The summed E-state index contributed by atoms with van der Waals surface area (Å²) in [7, 11) is 0. The lowest BCUT2D eigenvalue weighted by Crippen LogP contribution is -2.58. The number of hydrogen-bond donors (Lipinski definition) is 1. The molecule has 4 amide bonds. The van der Waals surface area contributed by atoms with E-state index in [9.17, 15) is 14.4 Å². The Balaban J connectivity index is 1.50. The Morgan fingerprint density at radius 1 is 1.07 bits per heavy atom. The van der Waals surface area contributed by atoms with Gasteiger partial charge in [-0.2, -0.15) is 0 Å². The Morgan fingerprint density at radius 3 is 2.67 bits per heavy atom.